The van der Waals surface area contributed by atoms with Crippen molar-refractivity contribution >= 4 is 11.7 Å². The van der Waals surface area contributed by atoms with Gasteiger partial charge < -0.3 is 10.6 Å². The summed E-state index contributed by atoms with van der Waals surface area (Å²) in [6.45, 7) is 4.27. The van der Waals surface area contributed by atoms with Gasteiger partial charge >= 0.3 is 0 Å². The topological polar surface area (TPSA) is 84.7 Å². The molecule has 2 N–H and O–H groups in total. The molecule has 0 saturated carbocycles. The van der Waals surface area contributed by atoms with Crippen LogP contribution in [-0.2, 0) is 6.54 Å². The molecule has 0 saturated heterocycles. The van der Waals surface area contributed by atoms with Crippen molar-refractivity contribution in [3.05, 3.63) is 36.5 Å². The van der Waals surface area contributed by atoms with E-state index in [2.05, 4.69) is 32.6 Å². The molecule has 7 heteroatoms. The molecule has 1 amide bonds. The number of anilines is 1. The summed E-state index contributed by atoms with van der Waals surface area (Å²) in [6, 6.07) is 1.88. The highest BCUT2D eigenvalue weighted by Gasteiger charge is 2.07. The van der Waals surface area contributed by atoms with E-state index in [4.69, 9.17) is 0 Å². The van der Waals surface area contributed by atoms with E-state index in [1.165, 1.54) is 6.20 Å². The first-order valence-electron chi connectivity index (χ1n) is 7.11. The van der Waals surface area contributed by atoms with Crippen LogP contribution in [0.15, 0.2) is 30.9 Å². The Morgan fingerprint density at radius 2 is 2.19 bits per heavy atom. The molecule has 0 atom stereocenters. The van der Waals surface area contributed by atoms with Crippen LogP contribution in [0.5, 0.6) is 0 Å². The Labute approximate surface area is 123 Å². The third-order valence-corrected chi connectivity index (χ3v) is 2.85. The number of aromatic nitrogens is 4. The maximum absolute atomic E-state index is 11.9. The van der Waals surface area contributed by atoms with Gasteiger partial charge in [0, 0.05) is 32.0 Å². The van der Waals surface area contributed by atoms with Crippen LogP contribution in [0.4, 0.5) is 5.82 Å². The highest BCUT2D eigenvalue weighted by Crippen LogP contribution is 2.01. The van der Waals surface area contributed by atoms with Gasteiger partial charge in [-0.05, 0) is 18.9 Å². The van der Waals surface area contributed by atoms with Crippen LogP contribution in [-0.4, -0.2) is 38.7 Å². The fourth-order valence-corrected chi connectivity index (χ4v) is 1.76. The van der Waals surface area contributed by atoms with E-state index in [0.29, 0.717) is 18.1 Å². The molecule has 21 heavy (non-hydrogen) atoms. The van der Waals surface area contributed by atoms with Gasteiger partial charge in [-0.15, -0.1) is 0 Å². The summed E-state index contributed by atoms with van der Waals surface area (Å²) in [5.74, 6) is 0.483. The molecule has 112 valence electrons. The van der Waals surface area contributed by atoms with Gasteiger partial charge in [0.1, 0.15) is 11.5 Å². The van der Waals surface area contributed by atoms with Gasteiger partial charge in [-0.25, -0.2) is 9.97 Å². The lowest BCUT2D eigenvalue weighted by Crippen LogP contribution is -2.26. The predicted molar refractivity (Wildman–Crippen MR) is 80.0 cm³/mol. The summed E-state index contributed by atoms with van der Waals surface area (Å²) in [5.41, 5.74) is 0.330. The first-order valence-corrected chi connectivity index (χ1v) is 7.11. The lowest BCUT2D eigenvalue weighted by atomic mass is 10.3. The van der Waals surface area contributed by atoms with Gasteiger partial charge in [-0.1, -0.05) is 6.92 Å². The Morgan fingerprint density at radius 3 is 2.86 bits per heavy atom. The molecule has 0 unspecified atom stereocenters. The quantitative estimate of drug-likeness (QED) is 0.716. The number of aryl methyl sites for hydroxylation is 1. The number of rotatable bonds is 8. The SMILES string of the molecule is CCCNc1cnc(C(=O)NCCCn2cccn2)cn1. The van der Waals surface area contributed by atoms with E-state index >= 15 is 0 Å². The molecule has 0 spiro atoms. The molecule has 0 aliphatic rings. The van der Waals surface area contributed by atoms with Crippen molar-refractivity contribution in [1.29, 1.82) is 0 Å². The molecule has 0 bridgehead atoms. The van der Waals surface area contributed by atoms with Crippen molar-refractivity contribution < 1.29 is 4.79 Å². The highest BCUT2D eigenvalue weighted by atomic mass is 16.1. The van der Waals surface area contributed by atoms with Gasteiger partial charge in [-0.2, -0.15) is 5.10 Å². The number of nitrogens with one attached hydrogen (secondary N) is 2. The van der Waals surface area contributed by atoms with Crippen molar-refractivity contribution in [2.24, 2.45) is 0 Å². The summed E-state index contributed by atoms with van der Waals surface area (Å²) in [4.78, 5) is 20.1. The lowest BCUT2D eigenvalue weighted by molar-refractivity contribution is 0.0947. The zero-order valence-corrected chi connectivity index (χ0v) is 12.1. The third-order valence-electron chi connectivity index (χ3n) is 2.85. The fourth-order valence-electron chi connectivity index (χ4n) is 1.76. The smallest absolute Gasteiger partial charge is 0.271 e. The van der Waals surface area contributed by atoms with E-state index in [-0.39, 0.29) is 5.91 Å². The zero-order valence-electron chi connectivity index (χ0n) is 12.1. The van der Waals surface area contributed by atoms with E-state index in [1.807, 2.05) is 16.9 Å². The molecule has 7 nitrogen and oxygen atoms in total. The Kier molecular flexibility index (Phi) is 5.69. The zero-order chi connectivity index (χ0) is 14.9. The molecule has 0 radical (unpaired) electrons. The number of carbonyl (C=O) groups excluding carboxylic acids is 1. The van der Waals surface area contributed by atoms with Crippen LogP contribution in [0, 0.1) is 0 Å². The predicted octanol–water partition coefficient (Wildman–Crippen LogP) is 1.32. The van der Waals surface area contributed by atoms with Crippen LogP contribution in [0.2, 0.25) is 0 Å². The summed E-state index contributed by atoms with van der Waals surface area (Å²) in [6.07, 6.45) is 8.53. The van der Waals surface area contributed by atoms with Gasteiger partial charge in [0.05, 0.1) is 12.4 Å². The largest absolute Gasteiger partial charge is 0.369 e. The molecule has 2 aromatic rings. The minimum Gasteiger partial charge on any atom is -0.369 e. The normalized spacial score (nSPS) is 10.3. The summed E-state index contributed by atoms with van der Waals surface area (Å²) >= 11 is 0. The maximum Gasteiger partial charge on any atom is 0.271 e. The number of nitrogens with zero attached hydrogens (tertiary/aromatic N) is 4. The molecule has 0 aliphatic carbocycles. The van der Waals surface area contributed by atoms with Crippen LogP contribution >= 0.6 is 0 Å². The van der Waals surface area contributed by atoms with Gasteiger partial charge in [0.25, 0.3) is 5.91 Å². The average Bonchev–Trinajstić information content (AvgIpc) is 3.03. The molecule has 0 fully saturated rings. The second-order valence-electron chi connectivity index (χ2n) is 4.59. The van der Waals surface area contributed by atoms with Crippen molar-refractivity contribution in [2.75, 3.05) is 18.4 Å². The van der Waals surface area contributed by atoms with Crippen molar-refractivity contribution in [3.8, 4) is 0 Å². The molecule has 2 heterocycles. The van der Waals surface area contributed by atoms with Crippen LogP contribution in [0.1, 0.15) is 30.3 Å². The van der Waals surface area contributed by atoms with Crippen molar-refractivity contribution in [3.63, 3.8) is 0 Å². The fraction of sp³-hybridized carbons (Fsp3) is 0.429. The maximum atomic E-state index is 11.9. The number of hydrogen-bond acceptors (Lipinski definition) is 5. The first-order chi connectivity index (χ1) is 10.3. The van der Waals surface area contributed by atoms with E-state index in [9.17, 15) is 4.79 Å². The molecule has 2 rings (SSSR count). The van der Waals surface area contributed by atoms with Crippen LogP contribution in [0.25, 0.3) is 0 Å². The first kappa shape index (κ1) is 15.0. The van der Waals surface area contributed by atoms with Gasteiger partial charge in [0.2, 0.25) is 0 Å². The average molecular weight is 288 g/mol. The monoisotopic (exact) mass is 288 g/mol. The lowest BCUT2D eigenvalue weighted by Gasteiger charge is -2.06. The van der Waals surface area contributed by atoms with E-state index in [1.54, 1.807) is 12.4 Å². The third kappa shape index (κ3) is 4.87. The number of carbonyl (C=O) groups is 1. The minimum atomic E-state index is -0.204. The molecule has 2 aromatic heterocycles. The van der Waals surface area contributed by atoms with Crippen molar-refractivity contribution in [1.82, 2.24) is 25.1 Å². The van der Waals surface area contributed by atoms with Crippen LogP contribution in [0.3, 0.4) is 0 Å². The Bertz CT molecular complexity index is 537. The Hall–Kier alpha value is -2.44. The van der Waals surface area contributed by atoms with Gasteiger partial charge in [0.15, 0.2) is 0 Å². The van der Waals surface area contributed by atoms with E-state index in [0.717, 1.165) is 25.9 Å². The number of hydrogen-bond donors (Lipinski definition) is 2. The summed E-state index contributed by atoms with van der Waals surface area (Å²) in [7, 11) is 0. The summed E-state index contributed by atoms with van der Waals surface area (Å²) < 4.78 is 1.83. The highest BCUT2D eigenvalue weighted by molar-refractivity contribution is 5.91. The second kappa shape index (κ2) is 7.98. The number of amides is 1. The molecular weight excluding hydrogens is 268 g/mol. The molecule has 0 aliphatic heterocycles. The summed E-state index contributed by atoms with van der Waals surface area (Å²) in [5, 5.41) is 10.0. The standard InChI is InChI=1S/C14H20N6O/c1-2-5-15-13-11-17-12(10-18-13)14(21)16-6-3-8-20-9-4-7-19-20/h4,7,9-11H,2-3,5-6,8H2,1H3,(H,15,18)(H,16,21). The molecule has 0 aromatic carbocycles. The van der Waals surface area contributed by atoms with Crippen molar-refractivity contribution in [2.45, 2.75) is 26.3 Å². The Morgan fingerprint density at radius 1 is 1.29 bits per heavy atom. The molecular formula is C14H20N6O. The van der Waals surface area contributed by atoms with Crippen LogP contribution < -0.4 is 10.6 Å². The second-order valence-corrected chi connectivity index (χ2v) is 4.59. The Balaban J connectivity index is 1.72. The van der Waals surface area contributed by atoms with Gasteiger partial charge in [-0.3, -0.25) is 9.48 Å². The minimum absolute atomic E-state index is 0.204. The van der Waals surface area contributed by atoms with E-state index < -0.39 is 0 Å².